The van der Waals surface area contributed by atoms with Crippen LogP contribution in [0.5, 0.6) is 0 Å². The van der Waals surface area contributed by atoms with E-state index in [0.29, 0.717) is 12.5 Å². The lowest BCUT2D eigenvalue weighted by Crippen LogP contribution is -2.11. The maximum atomic E-state index is 5.66. The fourth-order valence-electron chi connectivity index (χ4n) is 1.37. The average Bonchev–Trinajstić information content (AvgIpc) is 2.18. The summed E-state index contributed by atoms with van der Waals surface area (Å²) in [6.07, 6.45) is 10.7. The van der Waals surface area contributed by atoms with E-state index in [1.165, 1.54) is 5.57 Å². The molecule has 2 nitrogen and oxygen atoms in total. The van der Waals surface area contributed by atoms with Gasteiger partial charge in [-0.15, -0.1) is 19.7 Å². The Balaban J connectivity index is 0. The van der Waals surface area contributed by atoms with Crippen molar-refractivity contribution in [2.45, 2.75) is 19.3 Å². The Kier molecular flexibility index (Phi) is 11.9. The topological polar surface area (TPSA) is 57.5 Å². The van der Waals surface area contributed by atoms with E-state index in [1.807, 2.05) is 18.2 Å². The standard InChI is InChI=1S/C13H21N.H2O/c1-4-7-12(8-5-2)10-13(11-14)9-6-3;/h4-6,10,13H,1-3,7-9,11,14H2;1H2. The van der Waals surface area contributed by atoms with E-state index in [9.17, 15) is 0 Å². The van der Waals surface area contributed by atoms with Crippen molar-refractivity contribution in [3.8, 4) is 0 Å². The quantitative estimate of drug-likeness (QED) is 0.613. The second-order valence-electron chi connectivity index (χ2n) is 3.33. The molecule has 0 amide bonds. The molecule has 0 aliphatic heterocycles. The molecular weight excluding hydrogens is 186 g/mol. The van der Waals surface area contributed by atoms with Crippen LogP contribution in [0.25, 0.3) is 0 Å². The van der Waals surface area contributed by atoms with E-state index < -0.39 is 0 Å². The van der Waals surface area contributed by atoms with Crippen LogP contribution in [0.3, 0.4) is 0 Å². The van der Waals surface area contributed by atoms with E-state index >= 15 is 0 Å². The fraction of sp³-hybridized carbons (Fsp3) is 0.385. The number of nitrogens with two attached hydrogens (primary N) is 1. The normalized spacial score (nSPS) is 10.7. The highest BCUT2D eigenvalue weighted by atomic mass is 16.0. The molecule has 0 aliphatic rings. The molecule has 0 aromatic carbocycles. The molecule has 86 valence electrons. The molecule has 0 bridgehead atoms. The van der Waals surface area contributed by atoms with Crippen molar-refractivity contribution in [2.24, 2.45) is 11.7 Å². The molecule has 1 atom stereocenters. The first-order valence-corrected chi connectivity index (χ1v) is 5.00. The summed E-state index contributed by atoms with van der Waals surface area (Å²) in [5.41, 5.74) is 7.00. The monoisotopic (exact) mass is 209 g/mol. The zero-order chi connectivity index (χ0) is 10.8. The van der Waals surface area contributed by atoms with E-state index in [1.54, 1.807) is 0 Å². The van der Waals surface area contributed by atoms with E-state index in [4.69, 9.17) is 5.73 Å². The van der Waals surface area contributed by atoms with Gasteiger partial charge in [-0.05, 0) is 31.7 Å². The third-order valence-corrected chi connectivity index (χ3v) is 2.06. The molecule has 2 heteroatoms. The van der Waals surface area contributed by atoms with Crippen LogP contribution in [0, 0.1) is 5.92 Å². The number of rotatable bonds is 8. The minimum atomic E-state index is 0. The van der Waals surface area contributed by atoms with Gasteiger partial charge in [-0.1, -0.05) is 29.9 Å². The summed E-state index contributed by atoms with van der Waals surface area (Å²) in [5, 5.41) is 0. The summed E-state index contributed by atoms with van der Waals surface area (Å²) in [6, 6.07) is 0. The van der Waals surface area contributed by atoms with Gasteiger partial charge in [0.2, 0.25) is 0 Å². The molecule has 1 unspecified atom stereocenters. The maximum Gasteiger partial charge on any atom is -0.00111 e. The van der Waals surface area contributed by atoms with Crippen LogP contribution in [0.2, 0.25) is 0 Å². The van der Waals surface area contributed by atoms with Crippen LogP contribution in [0.4, 0.5) is 0 Å². The van der Waals surface area contributed by atoms with Crippen molar-refractivity contribution < 1.29 is 5.48 Å². The van der Waals surface area contributed by atoms with Gasteiger partial charge in [0, 0.05) is 0 Å². The Morgan fingerprint density at radius 1 is 1.07 bits per heavy atom. The van der Waals surface area contributed by atoms with Crippen LogP contribution in [0.1, 0.15) is 19.3 Å². The molecule has 4 N–H and O–H groups in total. The van der Waals surface area contributed by atoms with Crippen molar-refractivity contribution in [2.75, 3.05) is 6.54 Å². The lowest BCUT2D eigenvalue weighted by Gasteiger charge is -2.09. The molecule has 0 heterocycles. The van der Waals surface area contributed by atoms with Gasteiger partial charge in [-0.3, -0.25) is 0 Å². The molecule has 0 aromatic heterocycles. The smallest absolute Gasteiger partial charge is 0.00111 e. The second-order valence-corrected chi connectivity index (χ2v) is 3.33. The molecule has 0 radical (unpaired) electrons. The molecular formula is C13H23NO. The van der Waals surface area contributed by atoms with Gasteiger partial charge in [0.15, 0.2) is 0 Å². The van der Waals surface area contributed by atoms with Gasteiger partial charge in [-0.2, -0.15) is 0 Å². The molecule has 15 heavy (non-hydrogen) atoms. The molecule has 0 saturated heterocycles. The van der Waals surface area contributed by atoms with Gasteiger partial charge >= 0.3 is 0 Å². The predicted molar refractivity (Wildman–Crippen MR) is 68.7 cm³/mol. The largest absolute Gasteiger partial charge is 0.412 e. The summed E-state index contributed by atoms with van der Waals surface area (Å²) in [4.78, 5) is 0. The molecule has 0 rings (SSSR count). The van der Waals surface area contributed by atoms with Gasteiger partial charge in [0.1, 0.15) is 0 Å². The third-order valence-electron chi connectivity index (χ3n) is 2.06. The minimum absolute atomic E-state index is 0. The first kappa shape index (κ1) is 16.3. The van der Waals surface area contributed by atoms with Crippen LogP contribution in [0.15, 0.2) is 49.6 Å². The number of allylic oxidation sites excluding steroid dienone is 4. The number of hydrogen-bond donors (Lipinski definition) is 1. The van der Waals surface area contributed by atoms with Gasteiger partial charge < -0.3 is 11.2 Å². The van der Waals surface area contributed by atoms with Crippen molar-refractivity contribution >= 4 is 0 Å². The SMILES string of the molecule is C=CCC(=CC(CN)CC=C)CC=C.O. The summed E-state index contributed by atoms with van der Waals surface area (Å²) in [5.74, 6) is 0.405. The highest BCUT2D eigenvalue weighted by molar-refractivity contribution is 5.12. The summed E-state index contributed by atoms with van der Waals surface area (Å²) < 4.78 is 0. The summed E-state index contributed by atoms with van der Waals surface area (Å²) >= 11 is 0. The maximum absolute atomic E-state index is 5.66. The molecule has 0 spiro atoms. The number of hydrogen-bond acceptors (Lipinski definition) is 1. The Hall–Kier alpha value is -1.12. The van der Waals surface area contributed by atoms with Gasteiger partial charge in [0.25, 0.3) is 0 Å². The Morgan fingerprint density at radius 2 is 1.60 bits per heavy atom. The Bertz CT molecular complexity index is 207. The third kappa shape index (κ3) is 7.91. The van der Waals surface area contributed by atoms with Crippen LogP contribution in [-0.4, -0.2) is 12.0 Å². The van der Waals surface area contributed by atoms with Crippen LogP contribution >= 0.6 is 0 Å². The molecule has 0 aliphatic carbocycles. The first-order valence-electron chi connectivity index (χ1n) is 5.00. The molecule has 0 fully saturated rings. The van der Waals surface area contributed by atoms with Gasteiger partial charge in [-0.25, -0.2) is 0 Å². The summed E-state index contributed by atoms with van der Waals surface area (Å²) in [7, 11) is 0. The predicted octanol–water partition coefficient (Wildman–Crippen LogP) is 2.39. The second kappa shape index (κ2) is 11.0. The lowest BCUT2D eigenvalue weighted by atomic mass is 9.98. The molecule has 0 saturated carbocycles. The van der Waals surface area contributed by atoms with Crippen molar-refractivity contribution in [3.05, 3.63) is 49.6 Å². The van der Waals surface area contributed by atoms with Crippen molar-refractivity contribution in [3.63, 3.8) is 0 Å². The van der Waals surface area contributed by atoms with Gasteiger partial charge in [0.05, 0.1) is 0 Å². The Morgan fingerprint density at radius 3 is 1.93 bits per heavy atom. The van der Waals surface area contributed by atoms with Crippen LogP contribution < -0.4 is 5.73 Å². The zero-order valence-corrected chi connectivity index (χ0v) is 9.41. The van der Waals surface area contributed by atoms with Crippen molar-refractivity contribution in [1.82, 2.24) is 0 Å². The average molecular weight is 209 g/mol. The van der Waals surface area contributed by atoms with Crippen LogP contribution in [-0.2, 0) is 0 Å². The Labute approximate surface area is 93.2 Å². The van der Waals surface area contributed by atoms with Crippen molar-refractivity contribution in [1.29, 1.82) is 0 Å². The lowest BCUT2D eigenvalue weighted by molar-refractivity contribution is 0.667. The summed E-state index contributed by atoms with van der Waals surface area (Å²) in [6.45, 7) is 11.9. The highest BCUT2D eigenvalue weighted by Crippen LogP contribution is 2.14. The van der Waals surface area contributed by atoms with E-state index in [-0.39, 0.29) is 5.48 Å². The molecule has 0 aromatic rings. The highest BCUT2D eigenvalue weighted by Gasteiger charge is 2.01. The minimum Gasteiger partial charge on any atom is -0.412 e. The zero-order valence-electron chi connectivity index (χ0n) is 9.41. The van der Waals surface area contributed by atoms with E-state index in [2.05, 4.69) is 25.8 Å². The van der Waals surface area contributed by atoms with E-state index in [0.717, 1.165) is 19.3 Å². The fourth-order valence-corrected chi connectivity index (χ4v) is 1.37. The first-order chi connectivity index (χ1) is 6.78.